The van der Waals surface area contributed by atoms with E-state index in [0.29, 0.717) is 16.3 Å². The van der Waals surface area contributed by atoms with Gasteiger partial charge in [-0.15, -0.1) is 0 Å². The largest absolute Gasteiger partial charge is 0.326 e. The lowest BCUT2D eigenvalue weighted by atomic mass is 10.2. The Hall–Kier alpha value is -3.30. The number of hydrogen-bond donors (Lipinski definition) is 4. The molecule has 162 valence electrons. The van der Waals surface area contributed by atoms with E-state index in [-0.39, 0.29) is 29.7 Å². The minimum atomic E-state index is -0.535. The second-order valence-electron chi connectivity index (χ2n) is 6.34. The van der Waals surface area contributed by atoms with Crippen molar-refractivity contribution in [2.75, 3.05) is 5.32 Å². The van der Waals surface area contributed by atoms with Crippen molar-refractivity contribution < 1.29 is 18.8 Å². The van der Waals surface area contributed by atoms with Gasteiger partial charge in [-0.1, -0.05) is 29.8 Å². The van der Waals surface area contributed by atoms with E-state index in [4.69, 9.17) is 23.8 Å². The second-order valence-corrected chi connectivity index (χ2v) is 7.15. The Balaban J connectivity index is 1.68. The maximum absolute atomic E-state index is 12.8. The summed E-state index contributed by atoms with van der Waals surface area (Å²) in [6.45, 7) is 1.78. The van der Waals surface area contributed by atoms with Crippen LogP contribution in [0.2, 0.25) is 5.02 Å². The maximum Gasteiger partial charge on any atom is 0.250 e. The predicted molar refractivity (Wildman–Crippen MR) is 122 cm³/mol. The van der Waals surface area contributed by atoms with Gasteiger partial charge in [0, 0.05) is 29.6 Å². The number of carbonyl (C=O) groups excluding carboxylic acids is 3. The molecule has 0 unspecified atom stereocenters. The van der Waals surface area contributed by atoms with E-state index in [9.17, 15) is 18.8 Å². The number of halogens is 2. The fourth-order valence-electron chi connectivity index (χ4n) is 2.30. The number of hydrazine groups is 1. The van der Waals surface area contributed by atoms with Gasteiger partial charge in [-0.05, 0) is 60.6 Å². The third kappa shape index (κ3) is 8.53. The summed E-state index contributed by atoms with van der Waals surface area (Å²) in [4.78, 5) is 35.7. The van der Waals surface area contributed by atoms with Gasteiger partial charge in [0.05, 0.1) is 0 Å². The van der Waals surface area contributed by atoms with E-state index in [1.54, 1.807) is 25.1 Å². The molecule has 10 heteroatoms. The Kier molecular flexibility index (Phi) is 9.11. The standard InChI is InChI=1S/C21H20ClFN4O3S/c1-13-16(22)3-2-4-17(13)24-18(28)11-12-20(30)26-27-21(31)25-19(29)10-7-14-5-8-15(23)9-6-14/h2-10H,11-12H2,1H3,(H,24,28)(H,26,30)(H2,25,27,29,31). The molecule has 0 fully saturated rings. The average molecular weight is 463 g/mol. The van der Waals surface area contributed by atoms with E-state index in [1.807, 2.05) is 0 Å². The molecule has 0 saturated carbocycles. The highest BCUT2D eigenvalue weighted by Gasteiger charge is 2.10. The van der Waals surface area contributed by atoms with E-state index in [0.717, 1.165) is 5.56 Å². The lowest BCUT2D eigenvalue weighted by Gasteiger charge is -2.11. The molecule has 7 nitrogen and oxygen atoms in total. The molecule has 2 aromatic rings. The molecule has 0 aliphatic heterocycles. The minimum Gasteiger partial charge on any atom is -0.326 e. The monoisotopic (exact) mass is 462 g/mol. The predicted octanol–water partition coefficient (Wildman–Crippen LogP) is 3.24. The van der Waals surface area contributed by atoms with Gasteiger partial charge in [-0.2, -0.15) is 0 Å². The van der Waals surface area contributed by atoms with Gasteiger partial charge >= 0.3 is 0 Å². The number of nitrogens with one attached hydrogen (secondary N) is 4. The number of thiocarbonyl (C=S) groups is 1. The molecule has 0 aliphatic carbocycles. The summed E-state index contributed by atoms with van der Waals surface area (Å²) in [5, 5.41) is 5.44. The van der Waals surface area contributed by atoms with Gasteiger partial charge in [0.1, 0.15) is 5.82 Å². The summed E-state index contributed by atoms with van der Waals surface area (Å²) in [6, 6.07) is 10.7. The lowest BCUT2D eigenvalue weighted by Crippen LogP contribution is -2.48. The Morgan fingerprint density at radius 3 is 2.42 bits per heavy atom. The molecule has 0 saturated heterocycles. The van der Waals surface area contributed by atoms with Gasteiger partial charge in [0.25, 0.3) is 0 Å². The van der Waals surface area contributed by atoms with Crippen molar-refractivity contribution in [3.63, 3.8) is 0 Å². The van der Waals surface area contributed by atoms with Crippen LogP contribution >= 0.6 is 23.8 Å². The molecule has 4 N–H and O–H groups in total. The molecule has 2 rings (SSSR count). The summed E-state index contributed by atoms with van der Waals surface area (Å²) in [7, 11) is 0. The first-order valence-corrected chi connectivity index (χ1v) is 9.91. The third-order valence-corrected chi connectivity index (χ3v) is 4.58. The molecule has 0 radical (unpaired) electrons. The molecule has 0 aliphatic rings. The maximum atomic E-state index is 12.8. The van der Waals surface area contributed by atoms with Crippen LogP contribution in [0.3, 0.4) is 0 Å². The van der Waals surface area contributed by atoms with Gasteiger partial charge in [-0.3, -0.25) is 30.6 Å². The average Bonchev–Trinajstić information content (AvgIpc) is 2.73. The van der Waals surface area contributed by atoms with Gasteiger partial charge in [0.15, 0.2) is 5.11 Å². The molecule has 3 amide bonds. The first kappa shape index (κ1) is 24.0. The molecule has 31 heavy (non-hydrogen) atoms. The Bertz CT molecular complexity index is 1010. The third-order valence-electron chi connectivity index (χ3n) is 3.97. The van der Waals surface area contributed by atoms with Crippen LogP contribution in [0.15, 0.2) is 48.5 Å². The van der Waals surface area contributed by atoms with Crippen molar-refractivity contribution in [1.29, 1.82) is 0 Å². The number of rotatable bonds is 6. The Morgan fingerprint density at radius 1 is 1.03 bits per heavy atom. The van der Waals surface area contributed by atoms with Gasteiger partial charge < -0.3 is 5.32 Å². The topological polar surface area (TPSA) is 99.3 Å². The SMILES string of the molecule is Cc1c(Cl)cccc1NC(=O)CCC(=O)NNC(=S)NC(=O)C=Cc1ccc(F)cc1. The van der Waals surface area contributed by atoms with Gasteiger partial charge in [0.2, 0.25) is 17.7 Å². The van der Waals surface area contributed by atoms with Crippen molar-refractivity contribution in [1.82, 2.24) is 16.2 Å². The van der Waals surface area contributed by atoms with Crippen molar-refractivity contribution in [3.8, 4) is 0 Å². The van der Waals surface area contributed by atoms with Crippen LogP contribution in [0.4, 0.5) is 10.1 Å². The van der Waals surface area contributed by atoms with Crippen LogP contribution in [0.5, 0.6) is 0 Å². The molecular weight excluding hydrogens is 443 g/mol. The number of carbonyl (C=O) groups is 3. The highest BCUT2D eigenvalue weighted by Crippen LogP contribution is 2.23. The van der Waals surface area contributed by atoms with Crippen molar-refractivity contribution in [2.24, 2.45) is 0 Å². The summed E-state index contributed by atoms with van der Waals surface area (Å²) < 4.78 is 12.8. The zero-order valence-corrected chi connectivity index (χ0v) is 18.1. The van der Waals surface area contributed by atoms with Crippen LogP contribution in [0, 0.1) is 12.7 Å². The molecule has 0 atom stereocenters. The van der Waals surface area contributed by atoms with Crippen molar-refractivity contribution in [3.05, 3.63) is 70.5 Å². The van der Waals surface area contributed by atoms with E-state index in [1.165, 1.54) is 36.4 Å². The first-order valence-electron chi connectivity index (χ1n) is 9.13. The molecule has 2 aromatic carbocycles. The van der Waals surface area contributed by atoms with Gasteiger partial charge in [-0.25, -0.2) is 4.39 Å². The summed E-state index contributed by atoms with van der Waals surface area (Å²) in [5.41, 5.74) is 6.62. The second kappa shape index (κ2) is 11.8. The molecule has 0 spiro atoms. The molecule has 0 heterocycles. The summed E-state index contributed by atoms with van der Waals surface area (Å²) in [6.07, 6.45) is 2.54. The molecule has 0 bridgehead atoms. The Morgan fingerprint density at radius 2 is 1.71 bits per heavy atom. The Labute approximate surface area is 189 Å². The van der Waals surface area contributed by atoms with Crippen molar-refractivity contribution in [2.45, 2.75) is 19.8 Å². The van der Waals surface area contributed by atoms with Crippen LogP contribution in [-0.4, -0.2) is 22.8 Å². The smallest absolute Gasteiger partial charge is 0.250 e. The molecular formula is C21H20ClFN4O3S. The van der Waals surface area contributed by atoms with Crippen LogP contribution in [0.1, 0.15) is 24.0 Å². The lowest BCUT2D eigenvalue weighted by molar-refractivity contribution is -0.124. The zero-order chi connectivity index (χ0) is 22.8. The van der Waals surface area contributed by atoms with E-state index in [2.05, 4.69) is 21.5 Å². The summed E-state index contributed by atoms with van der Waals surface area (Å²) >= 11 is 10.9. The molecule has 0 aromatic heterocycles. The highest BCUT2D eigenvalue weighted by atomic mass is 35.5. The first-order chi connectivity index (χ1) is 14.7. The fraction of sp³-hybridized carbons (Fsp3) is 0.143. The van der Waals surface area contributed by atoms with Crippen LogP contribution in [-0.2, 0) is 14.4 Å². The number of anilines is 1. The van der Waals surface area contributed by atoms with Crippen LogP contribution < -0.4 is 21.5 Å². The normalized spacial score (nSPS) is 10.4. The number of amides is 3. The minimum absolute atomic E-state index is 0.0566. The number of hydrogen-bond acceptors (Lipinski definition) is 4. The van der Waals surface area contributed by atoms with E-state index >= 15 is 0 Å². The summed E-state index contributed by atoms with van der Waals surface area (Å²) in [5.74, 6) is -1.74. The van der Waals surface area contributed by atoms with E-state index < -0.39 is 11.8 Å². The zero-order valence-electron chi connectivity index (χ0n) is 16.5. The quantitative estimate of drug-likeness (QED) is 0.300. The number of benzene rings is 2. The fourth-order valence-corrected chi connectivity index (χ4v) is 2.63. The van der Waals surface area contributed by atoms with Crippen molar-refractivity contribution >= 4 is 58.4 Å². The highest BCUT2D eigenvalue weighted by molar-refractivity contribution is 7.80. The van der Waals surface area contributed by atoms with Crippen LogP contribution in [0.25, 0.3) is 6.08 Å².